The van der Waals surface area contributed by atoms with Gasteiger partial charge in [0.2, 0.25) is 5.43 Å². The molecule has 1 spiro atoms. The number of hydrogen-bond donors (Lipinski definition) is 2. The Morgan fingerprint density at radius 1 is 1.29 bits per heavy atom. The zero-order chi connectivity index (χ0) is 22.5. The molecular weight excluding hydrogens is 414 g/mol. The molecule has 2 aliphatic heterocycles. The minimum absolute atomic E-state index is 0.0217. The molecule has 31 heavy (non-hydrogen) atoms. The summed E-state index contributed by atoms with van der Waals surface area (Å²) in [4.78, 5) is 39.8. The van der Waals surface area contributed by atoms with Gasteiger partial charge in [-0.05, 0) is 13.0 Å². The van der Waals surface area contributed by atoms with Crippen molar-refractivity contribution >= 4 is 11.8 Å². The number of hydrogen-bond acceptors (Lipinski definition) is 6. The molecule has 11 heteroatoms. The molecule has 0 bridgehead atoms. The second-order valence-electron chi connectivity index (χ2n) is 7.38. The summed E-state index contributed by atoms with van der Waals surface area (Å²) < 4.78 is 33.4. The van der Waals surface area contributed by atoms with E-state index < -0.39 is 45.9 Å². The number of pyridine rings is 1. The van der Waals surface area contributed by atoms with Crippen LogP contribution < -0.4 is 15.8 Å². The van der Waals surface area contributed by atoms with E-state index in [4.69, 9.17) is 4.74 Å². The number of nitrogens with one attached hydrogen (secondary N) is 1. The van der Waals surface area contributed by atoms with Gasteiger partial charge in [0.25, 0.3) is 11.8 Å². The molecule has 0 saturated carbocycles. The summed E-state index contributed by atoms with van der Waals surface area (Å²) in [5, 5.41) is 14.5. The quantitative estimate of drug-likeness (QED) is 0.728. The van der Waals surface area contributed by atoms with Gasteiger partial charge in [0.1, 0.15) is 17.2 Å². The van der Waals surface area contributed by atoms with Gasteiger partial charge in [0.15, 0.2) is 17.1 Å². The summed E-state index contributed by atoms with van der Waals surface area (Å²) in [6.07, 6.45) is 1.17. The van der Waals surface area contributed by atoms with E-state index in [0.717, 1.165) is 6.07 Å². The lowest BCUT2D eigenvalue weighted by Gasteiger charge is -2.57. The monoisotopic (exact) mass is 434 g/mol. The van der Waals surface area contributed by atoms with Gasteiger partial charge in [-0.3, -0.25) is 24.1 Å². The van der Waals surface area contributed by atoms with Crippen LogP contribution in [0.3, 0.4) is 0 Å². The van der Waals surface area contributed by atoms with Gasteiger partial charge < -0.3 is 20.1 Å². The van der Waals surface area contributed by atoms with Crippen molar-refractivity contribution in [2.24, 2.45) is 0 Å². The molecule has 0 atom stereocenters. The smallest absolute Gasteiger partial charge is 0.278 e. The molecular formula is C20H20F2N4O5. The number of rotatable bonds is 4. The Morgan fingerprint density at radius 3 is 2.58 bits per heavy atom. The summed E-state index contributed by atoms with van der Waals surface area (Å²) in [5.41, 5.74) is -2.49. The first kappa shape index (κ1) is 20.8. The number of amides is 2. The Morgan fingerprint density at radius 2 is 2.00 bits per heavy atom. The molecule has 2 aromatic rings. The van der Waals surface area contributed by atoms with Crippen LogP contribution in [0.15, 0.2) is 29.2 Å². The summed E-state index contributed by atoms with van der Waals surface area (Å²) in [6, 6.07) is 2.90. The lowest BCUT2D eigenvalue weighted by Crippen LogP contribution is -2.77. The molecule has 4 rings (SSSR count). The molecule has 1 aromatic carbocycles. The van der Waals surface area contributed by atoms with Crippen LogP contribution >= 0.6 is 0 Å². The van der Waals surface area contributed by atoms with Gasteiger partial charge in [-0.25, -0.2) is 8.78 Å². The number of aromatic nitrogens is 1. The number of fused-ring (bicyclic) bond motifs is 1. The minimum atomic E-state index is -1.03. The highest BCUT2D eigenvalue weighted by Crippen LogP contribution is 2.34. The topological polar surface area (TPSA) is 104 Å². The first-order valence-corrected chi connectivity index (χ1v) is 9.56. The van der Waals surface area contributed by atoms with Crippen LogP contribution in [0.2, 0.25) is 0 Å². The Hall–Kier alpha value is -3.47. The van der Waals surface area contributed by atoms with Crippen molar-refractivity contribution in [2.45, 2.75) is 19.1 Å². The first-order chi connectivity index (χ1) is 14.7. The molecule has 2 aliphatic rings. The first-order valence-electron chi connectivity index (χ1n) is 9.56. The number of carbonyl (C=O) groups excluding carboxylic acids is 2. The molecule has 2 N–H and O–H groups in total. The Kier molecular flexibility index (Phi) is 4.92. The van der Waals surface area contributed by atoms with Crippen molar-refractivity contribution in [3.63, 3.8) is 0 Å². The average molecular weight is 434 g/mol. The number of benzene rings is 1. The number of halogens is 2. The zero-order valence-corrected chi connectivity index (χ0v) is 16.8. The number of likely N-dealkylation sites (N-methyl/N-ethyl adjacent to an activating group) is 2. The van der Waals surface area contributed by atoms with Crippen LogP contribution in [0.4, 0.5) is 8.78 Å². The molecule has 9 nitrogen and oxygen atoms in total. The highest BCUT2D eigenvalue weighted by Gasteiger charge is 2.54. The number of nitrogens with zero attached hydrogens (tertiary/aromatic N) is 3. The van der Waals surface area contributed by atoms with Crippen LogP contribution in [0, 0.1) is 11.6 Å². The van der Waals surface area contributed by atoms with Crippen molar-refractivity contribution in [2.75, 3.05) is 31.8 Å². The lowest BCUT2D eigenvalue weighted by molar-refractivity contribution is -0.138. The molecule has 0 unspecified atom stereocenters. The van der Waals surface area contributed by atoms with Crippen LogP contribution in [0.1, 0.15) is 33.3 Å². The molecule has 1 saturated heterocycles. The predicted molar refractivity (Wildman–Crippen MR) is 104 cm³/mol. The molecule has 0 aliphatic carbocycles. The second-order valence-corrected chi connectivity index (χ2v) is 7.38. The van der Waals surface area contributed by atoms with Gasteiger partial charge in [-0.2, -0.15) is 0 Å². The summed E-state index contributed by atoms with van der Waals surface area (Å²) in [7, 11) is 1.65. The van der Waals surface area contributed by atoms with Crippen molar-refractivity contribution in [1.82, 2.24) is 14.9 Å². The summed E-state index contributed by atoms with van der Waals surface area (Å²) in [5.74, 6) is -3.89. The van der Waals surface area contributed by atoms with E-state index in [9.17, 15) is 28.3 Å². The standard InChI is InChI=1S/C20H20F2N4O5/c1-3-25-19(30)15-17(28)16(27)13(8-26(15)24(2)20(25)9-31-10-20)18(29)23-7-11-4-5-12(21)6-14(11)22/h4-6,8,28H,3,7,9-10H2,1-2H3,(H,23,29). The second kappa shape index (κ2) is 7.34. The fourth-order valence-electron chi connectivity index (χ4n) is 3.88. The molecule has 3 heterocycles. The van der Waals surface area contributed by atoms with Crippen molar-refractivity contribution < 1.29 is 28.2 Å². The molecule has 164 valence electrons. The van der Waals surface area contributed by atoms with Gasteiger partial charge >= 0.3 is 0 Å². The number of aromatic hydroxyl groups is 1. The zero-order valence-electron chi connectivity index (χ0n) is 16.8. The number of carbonyl (C=O) groups is 2. The van der Waals surface area contributed by atoms with Crippen LogP contribution in [0.5, 0.6) is 5.75 Å². The molecule has 1 aromatic heterocycles. The SMILES string of the molecule is CCN1C(=O)c2c(O)c(=O)c(C(=O)NCc3ccc(F)cc3F)cn2N(C)C12COC2. The van der Waals surface area contributed by atoms with E-state index in [1.807, 2.05) is 0 Å². The summed E-state index contributed by atoms with van der Waals surface area (Å²) in [6.45, 7) is 2.24. The average Bonchev–Trinajstić information content (AvgIpc) is 2.70. The van der Waals surface area contributed by atoms with E-state index in [1.54, 1.807) is 19.0 Å². The van der Waals surface area contributed by atoms with Crippen molar-refractivity contribution in [3.05, 3.63) is 63.1 Å². The number of ether oxygens (including phenoxy) is 1. The highest BCUT2D eigenvalue weighted by molar-refractivity contribution is 5.99. The Balaban J connectivity index is 1.69. The maximum Gasteiger partial charge on any atom is 0.278 e. The van der Waals surface area contributed by atoms with Gasteiger partial charge in [-0.1, -0.05) is 6.07 Å². The van der Waals surface area contributed by atoms with Gasteiger partial charge in [0.05, 0.1) is 13.2 Å². The normalized spacial score (nSPS) is 16.8. The van der Waals surface area contributed by atoms with Crippen molar-refractivity contribution in [3.8, 4) is 5.75 Å². The van der Waals surface area contributed by atoms with Crippen molar-refractivity contribution in [1.29, 1.82) is 0 Å². The van der Waals surface area contributed by atoms with E-state index in [-0.39, 0.29) is 31.0 Å². The van der Waals surface area contributed by atoms with E-state index in [1.165, 1.54) is 21.8 Å². The summed E-state index contributed by atoms with van der Waals surface area (Å²) >= 11 is 0. The predicted octanol–water partition coefficient (Wildman–Crippen LogP) is 0.532. The van der Waals surface area contributed by atoms with Crippen LogP contribution in [-0.4, -0.2) is 59.0 Å². The van der Waals surface area contributed by atoms with E-state index in [2.05, 4.69) is 5.32 Å². The lowest BCUT2D eigenvalue weighted by atomic mass is 10.0. The third-order valence-corrected chi connectivity index (χ3v) is 5.72. The molecule has 1 fully saturated rings. The van der Waals surface area contributed by atoms with E-state index >= 15 is 0 Å². The Labute approximate surface area is 175 Å². The third kappa shape index (κ3) is 3.03. The van der Waals surface area contributed by atoms with E-state index in [0.29, 0.717) is 12.6 Å². The highest BCUT2D eigenvalue weighted by atomic mass is 19.1. The van der Waals surface area contributed by atoms with Crippen LogP contribution in [0.25, 0.3) is 0 Å². The van der Waals surface area contributed by atoms with Gasteiger partial charge in [0, 0.05) is 38.0 Å². The molecule has 0 radical (unpaired) electrons. The fraction of sp³-hybridized carbons (Fsp3) is 0.350. The van der Waals surface area contributed by atoms with Crippen LogP contribution in [-0.2, 0) is 11.3 Å². The maximum absolute atomic E-state index is 13.8. The third-order valence-electron chi connectivity index (χ3n) is 5.72. The fourth-order valence-corrected chi connectivity index (χ4v) is 3.88. The Bertz CT molecular complexity index is 1150. The maximum atomic E-state index is 13.8. The minimum Gasteiger partial charge on any atom is -0.502 e. The van der Waals surface area contributed by atoms with Gasteiger partial charge in [-0.15, -0.1) is 0 Å². The molecule has 2 amide bonds. The largest absolute Gasteiger partial charge is 0.502 e.